The van der Waals surface area contributed by atoms with E-state index in [4.69, 9.17) is 9.52 Å². The highest BCUT2D eigenvalue weighted by atomic mass is 16.4. The summed E-state index contributed by atoms with van der Waals surface area (Å²) in [6.45, 7) is 0. The predicted octanol–water partition coefficient (Wildman–Crippen LogP) is 1.74. The van der Waals surface area contributed by atoms with Crippen LogP contribution in [0.3, 0.4) is 0 Å². The van der Waals surface area contributed by atoms with Crippen molar-refractivity contribution in [3.63, 3.8) is 0 Å². The fourth-order valence-corrected chi connectivity index (χ4v) is 1.43. The van der Waals surface area contributed by atoms with Gasteiger partial charge in [-0.2, -0.15) is 5.10 Å². The van der Waals surface area contributed by atoms with Crippen LogP contribution in [0, 0.1) is 0 Å². The van der Waals surface area contributed by atoms with Gasteiger partial charge in [-0.15, -0.1) is 0 Å². The lowest BCUT2D eigenvalue weighted by Gasteiger charge is -1.99. The number of furan rings is 1. The van der Waals surface area contributed by atoms with Crippen molar-refractivity contribution < 1.29 is 19.1 Å². The summed E-state index contributed by atoms with van der Waals surface area (Å²) in [7, 11) is 0. The van der Waals surface area contributed by atoms with Crippen LogP contribution in [-0.4, -0.2) is 23.2 Å². The molecule has 0 saturated carbocycles. The summed E-state index contributed by atoms with van der Waals surface area (Å²) >= 11 is 0. The second-order valence-electron chi connectivity index (χ2n) is 3.57. The minimum atomic E-state index is -1.06. The van der Waals surface area contributed by atoms with Crippen LogP contribution in [0.2, 0.25) is 0 Å². The summed E-state index contributed by atoms with van der Waals surface area (Å²) in [5.41, 5.74) is 2.75. The first-order valence-corrected chi connectivity index (χ1v) is 5.37. The zero-order chi connectivity index (χ0) is 13.7. The van der Waals surface area contributed by atoms with Gasteiger partial charge in [-0.3, -0.25) is 4.79 Å². The smallest absolute Gasteiger partial charge is 0.336 e. The number of aromatic carboxylic acids is 1. The van der Waals surface area contributed by atoms with Crippen molar-refractivity contribution in [1.82, 2.24) is 5.43 Å². The SMILES string of the molecule is O=C(N/N=C/c1ccccc1C(=O)O)c1ccco1. The first-order chi connectivity index (χ1) is 9.18. The third-order valence-electron chi connectivity index (χ3n) is 2.31. The standard InChI is InChI=1S/C13H10N2O4/c16-12(11-6-3-7-19-11)15-14-8-9-4-1-2-5-10(9)13(17)18/h1-8H,(H,15,16)(H,17,18)/b14-8+. The molecule has 1 aromatic heterocycles. The minimum Gasteiger partial charge on any atom is -0.478 e. The van der Waals surface area contributed by atoms with Gasteiger partial charge in [0, 0.05) is 5.56 Å². The molecule has 1 amide bonds. The van der Waals surface area contributed by atoms with Crippen LogP contribution in [0.25, 0.3) is 0 Å². The average Bonchev–Trinajstić information content (AvgIpc) is 2.93. The highest BCUT2D eigenvalue weighted by molar-refractivity contribution is 5.99. The zero-order valence-electron chi connectivity index (χ0n) is 9.74. The van der Waals surface area contributed by atoms with Crippen molar-refractivity contribution in [2.24, 2.45) is 5.10 Å². The molecule has 0 saturated heterocycles. The molecule has 2 N–H and O–H groups in total. The van der Waals surface area contributed by atoms with Gasteiger partial charge in [0.2, 0.25) is 0 Å². The van der Waals surface area contributed by atoms with Crippen LogP contribution < -0.4 is 5.43 Å². The van der Waals surface area contributed by atoms with Gasteiger partial charge in [0.1, 0.15) is 0 Å². The normalized spacial score (nSPS) is 10.5. The molecule has 2 rings (SSSR count). The Bertz CT molecular complexity index is 617. The molecular formula is C13H10N2O4. The van der Waals surface area contributed by atoms with Crippen molar-refractivity contribution in [2.75, 3.05) is 0 Å². The molecule has 6 nitrogen and oxygen atoms in total. The molecule has 0 aliphatic carbocycles. The molecule has 0 fully saturated rings. The first-order valence-electron chi connectivity index (χ1n) is 5.37. The quantitative estimate of drug-likeness (QED) is 0.645. The Labute approximate surface area is 108 Å². The number of hydrogen-bond acceptors (Lipinski definition) is 4. The number of hydrazone groups is 1. The van der Waals surface area contributed by atoms with E-state index < -0.39 is 11.9 Å². The van der Waals surface area contributed by atoms with Crippen molar-refractivity contribution >= 4 is 18.1 Å². The molecular weight excluding hydrogens is 248 g/mol. The number of carbonyl (C=O) groups excluding carboxylic acids is 1. The number of carbonyl (C=O) groups is 2. The molecule has 2 aromatic rings. The second kappa shape index (κ2) is 5.63. The Balaban J connectivity index is 2.07. The lowest BCUT2D eigenvalue weighted by molar-refractivity contribution is 0.0696. The predicted molar refractivity (Wildman–Crippen MR) is 67.2 cm³/mol. The number of carboxylic acid groups (broad SMARTS) is 1. The van der Waals surface area contributed by atoms with Gasteiger partial charge in [0.25, 0.3) is 0 Å². The number of nitrogens with zero attached hydrogens (tertiary/aromatic N) is 1. The van der Waals surface area contributed by atoms with Crippen LogP contribution in [0.1, 0.15) is 26.5 Å². The summed E-state index contributed by atoms with van der Waals surface area (Å²) in [6.07, 6.45) is 2.64. The monoisotopic (exact) mass is 258 g/mol. The maximum atomic E-state index is 11.5. The molecule has 0 atom stereocenters. The van der Waals surface area contributed by atoms with Gasteiger partial charge in [-0.25, -0.2) is 10.2 Å². The third kappa shape index (κ3) is 3.06. The largest absolute Gasteiger partial charge is 0.478 e. The van der Waals surface area contributed by atoms with Crippen molar-refractivity contribution in [3.05, 3.63) is 59.5 Å². The Hall–Kier alpha value is -2.89. The molecule has 0 radical (unpaired) electrons. The zero-order valence-corrected chi connectivity index (χ0v) is 9.74. The van der Waals surface area contributed by atoms with Gasteiger partial charge < -0.3 is 9.52 Å². The van der Waals surface area contributed by atoms with Crippen molar-refractivity contribution in [2.45, 2.75) is 0 Å². The Morgan fingerprint density at radius 3 is 2.68 bits per heavy atom. The first kappa shape index (κ1) is 12.6. The molecule has 0 unspecified atom stereocenters. The molecule has 0 aliphatic heterocycles. The Morgan fingerprint density at radius 2 is 2.00 bits per heavy atom. The van der Waals surface area contributed by atoms with Crippen LogP contribution in [0.15, 0.2) is 52.2 Å². The molecule has 0 aliphatic rings. The number of hydrogen-bond donors (Lipinski definition) is 2. The van der Waals surface area contributed by atoms with Gasteiger partial charge in [0.15, 0.2) is 5.76 Å². The molecule has 96 valence electrons. The topological polar surface area (TPSA) is 91.9 Å². The van der Waals surface area contributed by atoms with Gasteiger partial charge in [0.05, 0.1) is 18.0 Å². The number of amides is 1. The average molecular weight is 258 g/mol. The second-order valence-corrected chi connectivity index (χ2v) is 3.57. The third-order valence-corrected chi connectivity index (χ3v) is 2.31. The maximum absolute atomic E-state index is 11.5. The van der Waals surface area contributed by atoms with E-state index in [-0.39, 0.29) is 11.3 Å². The van der Waals surface area contributed by atoms with Crippen LogP contribution in [0.5, 0.6) is 0 Å². The highest BCUT2D eigenvalue weighted by Gasteiger charge is 2.08. The summed E-state index contributed by atoms with van der Waals surface area (Å²) in [5, 5.41) is 12.7. The summed E-state index contributed by atoms with van der Waals surface area (Å²) in [4.78, 5) is 22.4. The van der Waals surface area contributed by atoms with Crippen LogP contribution in [-0.2, 0) is 0 Å². The number of carboxylic acids is 1. The van der Waals surface area contributed by atoms with E-state index in [1.54, 1.807) is 24.3 Å². The molecule has 6 heteroatoms. The summed E-state index contributed by atoms with van der Waals surface area (Å²) in [5.74, 6) is -1.43. The van der Waals surface area contributed by atoms with Crippen LogP contribution in [0.4, 0.5) is 0 Å². The Morgan fingerprint density at radius 1 is 1.21 bits per heavy atom. The van der Waals surface area contributed by atoms with E-state index in [9.17, 15) is 9.59 Å². The van der Waals surface area contributed by atoms with E-state index in [0.29, 0.717) is 5.56 Å². The van der Waals surface area contributed by atoms with Crippen LogP contribution >= 0.6 is 0 Å². The molecule has 1 aromatic carbocycles. The molecule has 19 heavy (non-hydrogen) atoms. The number of nitrogens with one attached hydrogen (secondary N) is 1. The minimum absolute atomic E-state index is 0.110. The van der Waals surface area contributed by atoms with E-state index in [2.05, 4.69) is 10.5 Å². The van der Waals surface area contributed by atoms with E-state index in [1.807, 2.05) is 0 Å². The molecule has 0 bridgehead atoms. The van der Waals surface area contributed by atoms with Crippen molar-refractivity contribution in [1.29, 1.82) is 0 Å². The fraction of sp³-hybridized carbons (Fsp3) is 0. The number of benzene rings is 1. The molecule has 0 spiro atoms. The maximum Gasteiger partial charge on any atom is 0.336 e. The fourth-order valence-electron chi connectivity index (χ4n) is 1.43. The van der Waals surface area contributed by atoms with Gasteiger partial charge >= 0.3 is 11.9 Å². The van der Waals surface area contributed by atoms with E-state index in [1.165, 1.54) is 24.6 Å². The van der Waals surface area contributed by atoms with Gasteiger partial charge in [-0.1, -0.05) is 18.2 Å². The lowest BCUT2D eigenvalue weighted by atomic mass is 10.1. The van der Waals surface area contributed by atoms with E-state index >= 15 is 0 Å². The van der Waals surface area contributed by atoms with E-state index in [0.717, 1.165) is 0 Å². The Kier molecular flexibility index (Phi) is 3.72. The van der Waals surface area contributed by atoms with Crippen molar-refractivity contribution in [3.8, 4) is 0 Å². The number of rotatable bonds is 4. The summed E-state index contributed by atoms with van der Waals surface area (Å²) < 4.78 is 4.88. The summed E-state index contributed by atoms with van der Waals surface area (Å²) in [6, 6.07) is 9.42. The molecule has 1 heterocycles. The van der Waals surface area contributed by atoms with Gasteiger partial charge in [-0.05, 0) is 18.2 Å². The lowest BCUT2D eigenvalue weighted by Crippen LogP contribution is -2.17. The highest BCUT2D eigenvalue weighted by Crippen LogP contribution is 2.06.